The van der Waals surface area contributed by atoms with Crippen LogP contribution in [-0.4, -0.2) is 16.1 Å². The van der Waals surface area contributed by atoms with Gasteiger partial charge >= 0.3 is 5.97 Å². The molecule has 0 aliphatic heterocycles. The topological polar surface area (TPSA) is 65.1 Å². The molecule has 4 heteroatoms. The number of rotatable bonds is 4. The number of aromatic nitrogens is 1. The molecular formula is C12H12N2O2. The number of carbonyl (C=O) groups is 1. The van der Waals surface area contributed by atoms with Crippen LogP contribution in [-0.2, 0) is 6.54 Å². The van der Waals surface area contributed by atoms with E-state index in [1.165, 1.54) is 0 Å². The van der Waals surface area contributed by atoms with Gasteiger partial charge in [-0.2, -0.15) is 0 Å². The Hall–Kier alpha value is -2.23. The number of aromatic amines is 1. The molecule has 16 heavy (non-hydrogen) atoms. The Bertz CT molecular complexity index is 460. The lowest BCUT2D eigenvalue weighted by atomic mass is 10.1. The molecule has 0 saturated carbocycles. The fourth-order valence-corrected chi connectivity index (χ4v) is 1.40. The van der Waals surface area contributed by atoms with Gasteiger partial charge < -0.3 is 15.4 Å². The molecule has 1 aromatic heterocycles. The van der Waals surface area contributed by atoms with Crippen molar-refractivity contribution < 1.29 is 9.90 Å². The van der Waals surface area contributed by atoms with Gasteiger partial charge in [-0.3, -0.25) is 0 Å². The summed E-state index contributed by atoms with van der Waals surface area (Å²) in [4.78, 5) is 13.7. The second-order valence-electron chi connectivity index (χ2n) is 3.44. The molecule has 2 aromatic rings. The molecule has 0 aliphatic carbocycles. The third kappa shape index (κ3) is 2.42. The highest BCUT2D eigenvalue weighted by atomic mass is 16.4. The number of nitrogens with one attached hydrogen (secondary N) is 2. The second kappa shape index (κ2) is 4.53. The van der Waals surface area contributed by atoms with Gasteiger partial charge in [0.1, 0.15) is 5.82 Å². The molecule has 82 valence electrons. The first kappa shape index (κ1) is 10.3. The molecular weight excluding hydrogens is 204 g/mol. The smallest absolute Gasteiger partial charge is 0.335 e. The van der Waals surface area contributed by atoms with Gasteiger partial charge in [0.25, 0.3) is 0 Å². The minimum atomic E-state index is -0.899. The van der Waals surface area contributed by atoms with E-state index in [-0.39, 0.29) is 0 Å². The summed E-state index contributed by atoms with van der Waals surface area (Å²) < 4.78 is 0. The van der Waals surface area contributed by atoms with Crippen molar-refractivity contribution >= 4 is 11.8 Å². The second-order valence-corrected chi connectivity index (χ2v) is 3.44. The van der Waals surface area contributed by atoms with Gasteiger partial charge in [0, 0.05) is 12.7 Å². The average Bonchev–Trinajstić information content (AvgIpc) is 2.80. The van der Waals surface area contributed by atoms with Crippen molar-refractivity contribution in [3.8, 4) is 0 Å². The van der Waals surface area contributed by atoms with Gasteiger partial charge in [0.05, 0.1) is 5.56 Å². The van der Waals surface area contributed by atoms with Crippen LogP contribution in [0.1, 0.15) is 15.9 Å². The van der Waals surface area contributed by atoms with Crippen LogP contribution in [0.4, 0.5) is 5.82 Å². The Morgan fingerprint density at radius 3 is 2.56 bits per heavy atom. The standard InChI is InChI=1S/C12H12N2O2/c15-12(16)10-5-3-9(4-6-10)8-14-11-2-1-7-13-11/h1-7,13-14H,8H2,(H,15,16). The number of hydrogen-bond acceptors (Lipinski definition) is 2. The number of anilines is 1. The van der Waals surface area contributed by atoms with Gasteiger partial charge in [-0.05, 0) is 29.8 Å². The molecule has 1 heterocycles. The first-order valence-corrected chi connectivity index (χ1v) is 4.95. The van der Waals surface area contributed by atoms with Crippen LogP contribution in [0.5, 0.6) is 0 Å². The normalized spacial score (nSPS) is 10.0. The summed E-state index contributed by atoms with van der Waals surface area (Å²) in [6.07, 6.45) is 1.84. The zero-order valence-electron chi connectivity index (χ0n) is 8.60. The van der Waals surface area contributed by atoms with Gasteiger partial charge in [-0.1, -0.05) is 12.1 Å². The van der Waals surface area contributed by atoms with Crippen molar-refractivity contribution in [2.24, 2.45) is 0 Å². The molecule has 0 unspecified atom stereocenters. The third-order valence-corrected chi connectivity index (χ3v) is 2.28. The molecule has 1 aromatic carbocycles. The van der Waals surface area contributed by atoms with E-state index in [9.17, 15) is 4.79 Å². The van der Waals surface area contributed by atoms with Crippen LogP contribution in [0.25, 0.3) is 0 Å². The van der Waals surface area contributed by atoms with E-state index < -0.39 is 5.97 Å². The summed E-state index contributed by atoms with van der Waals surface area (Å²) in [7, 11) is 0. The van der Waals surface area contributed by atoms with E-state index in [2.05, 4.69) is 10.3 Å². The van der Waals surface area contributed by atoms with E-state index in [4.69, 9.17) is 5.11 Å². The van der Waals surface area contributed by atoms with Crippen LogP contribution in [0, 0.1) is 0 Å². The fraction of sp³-hybridized carbons (Fsp3) is 0.0833. The minimum absolute atomic E-state index is 0.309. The van der Waals surface area contributed by atoms with Gasteiger partial charge in [0.15, 0.2) is 0 Å². The zero-order valence-corrected chi connectivity index (χ0v) is 8.60. The molecule has 0 saturated heterocycles. The predicted octanol–water partition coefficient (Wildman–Crippen LogP) is 2.33. The van der Waals surface area contributed by atoms with Crippen LogP contribution in [0.15, 0.2) is 42.6 Å². The van der Waals surface area contributed by atoms with Crippen molar-refractivity contribution in [2.45, 2.75) is 6.54 Å². The molecule has 0 radical (unpaired) electrons. The first-order valence-electron chi connectivity index (χ1n) is 4.95. The Kier molecular flexibility index (Phi) is 2.91. The van der Waals surface area contributed by atoms with Gasteiger partial charge in [0.2, 0.25) is 0 Å². The molecule has 0 aliphatic rings. The number of aromatic carboxylic acids is 1. The largest absolute Gasteiger partial charge is 0.478 e. The summed E-state index contributed by atoms with van der Waals surface area (Å²) >= 11 is 0. The van der Waals surface area contributed by atoms with E-state index in [0.717, 1.165) is 11.4 Å². The molecule has 0 fully saturated rings. The highest BCUT2D eigenvalue weighted by molar-refractivity contribution is 5.87. The molecule has 0 spiro atoms. The maximum atomic E-state index is 10.6. The lowest BCUT2D eigenvalue weighted by molar-refractivity contribution is 0.0697. The van der Waals surface area contributed by atoms with Crippen LogP contribution in [0.2, 0.25) is 0 Å². The Labute approximate surface area is 92.9 Å². The summed E-state index contributed by atoms with van der Waals surface area (Å²) in [6, 6.07) is 10.7. The number of hydrogen-bond donors (Lipinski definition) is 3. The molecule has 4 nitrogen and oxygen atoms in total. The number of carboxylic acid groups (broad SMARTS) is 1. The van der Waals surface area contributed by atoms with E-state index >= 15 is 0 Å². The van der Waals surface area contributed by atoms with Crippen molar-refractivity contribution in [3.63, 3.8) is 0 Å². The molecule has 0 bridgehead atoms. The Morgan fingerprint density at radius 2 is 2.00 bits per heavy atom. The molecule has 3 N–H and O–H groups in total. The highest BCUT2D eigenvalue weighted by Gasteiger charge is 2.01. The summed E-state index contributed by atoms with van der Waals surface area (Å²) in [5.74, 6) is 0.0474. The van der Waals surface area contributed by atoms with Crippen LogP contribution in [0.3, 0.4) is 0 Å². The van der Waals surface area contributed by atoms with E-state index in [1.54, 1.807) is 24.3 Å². The summed E-state index contributed by atoms with van der Waals surface area (Å²) in [5, 5.41) is 11.9. The van der Waals surface area contributed by atoms with Gasteiger partial charge in [-0.25, -0.2) is 4.79 Å². The number of benzene rings is 1. The monoisotopic (exact) mass is 216 g/mol. The van der Waals surface area contributed by atoms with Crippen molar-refractivity contribution in [2.75, 3.05) is 5.32 Å². The van der Waals surface area contributed by atoms with E-state index in [1.807, 2.05) is 18.3 Å². The summed E-state index contributed by atoms with van der Waals surface area (Å²) in [5.41, 5.74) is 1.35. The van der Waals surface area contributed by atoms with Gasteiger partial charge in [-0.15, -0.1) is 0 Å². The Morgan fingerprint density at radius 1 is 1.25 bits per heavy atom. The predicted molar refractivity (Wildman–Crippen MR) is 61.5 cm³/mol. The van der Waals surface area contributed by atoms with Crippen molar-refractivity contribution in [3.05, 3.63) is 53.7 Å². The lowest BCUT2D eigenvalue weighted by Gasteiger charge is -2.04. The number of H-pyrrole nitrogens is 1. The molecule has 0 atom stereocenters. The lowest BCUT2D eigenvalue weighted by Crippen LogP contribution is -2.01. The zero-order chi connectivity index (χ0) is 11.4. The van der Waals surface area contributed by atoms with Crippen LogP contribution >= 0.6 is 0 Å². The first-order chi connectivity index (χ1) is 7.75. The maximum Gasteiger partial charge on any atom is 0.335 e. The fourth-order valence-electron chi connectivity index (χ4n) is 1.40. The third-order valence-electron chi connectivity index (χ3n) is 2.28. The molecule has 2 rings (SSSR count). The molecule has 0 amide bonds. The highest BCUT2D eigenvalue weighted by Crippen LogP contribution is 2.07. The quantitative estimate of drug-likeness (QED) is 0.734. The van der Waals surface area contributed by atoms with Crippen molar-refractivity contribution in [1.82, 2.24) is 4.98 Å². The maximum absolute atomic E-state index is 10.6. The Balaban J connectivity index is 1.98. The van der Waals surface area contributed by atoms with E-state index in [0.29, 0.717) is 12.1 Å². The minimum Gasteiger partial charge on any atom is -0.478 e. The van der Waals surface area contributed by atoms with Crippen molar-refractivity contribution in [1.29, 1.82) is 0 Å². The summed E-state index contributed by atoms with van der Waals surface area (Å²) in [6.45, 7) is 0.667. The SMILES string of the molecule is O=C(O)c1ccc(CNc2ccc[nH]2)cc1. The van der Waals surface area contributed by atoms with Crippen LogP contribution < -0.4 is 5.32 Å². The number of carboxylic acids is 1. The average molecular weight is 216 g/mol.